The molecule has 0 bridgehead atoms. The van der Waals surface area contributed by atoms with Gasteiger partial charge in [-0.05, 0) is 25.8 Å². The van der Waals surface area contributed by atoms with E-state index in [1.165, 1.54) is 0 Å². The second kappa shape index (κ2) is 5.59. The number of nitrogens with two attached hydrogens (primary N) is 1. The van der Waals surface area contributed by atoms with E-state index in [2.05, 4.69) is 20.2 Å². The number of likely N-dealkylation sites (tertiary alicyclic amines) is 1. The van der Waals surface area contributed by atoms with Gasteiger partial charge in [-0.3, -0.25) is 9.89 Å². The topological polar surface area (TPSA) is 101 Å². The molecular formula is C17H18N6O. The average Bonchev–Trinajstić information content (AvgIpc) is 3.20. The van der Waals surface area contributed by atoms with Gasteiger partial charge in [-0.2, -0.15) is 5.10 Å². The Labute approximate surface area is 138 Å². The maximum Gasteiger partial charge on any atom is 0.275 e. The molecule has 3 N–H and O–H groups in total. The van der Waals surface area contributed by atoms with Gasteiger partial charge >= 0.3 is 0 Å². The van der Waals surface area contributed by atoms with Gasteiger partial charge in [-0.25, -0.2) is 9.97 Å². The summed E-state index contributed by atoms with van der Waals surface area (Å²) < 4.78 is 0. The minimum atomic E-state index is -0.0861. The summed E-state index contributed by atoms with van der Waals surface area (Å²) in [6, 6.07) is 9.31. The number of amides is 1. The quantitative estimate of drug-likeness (QED) is 0.753. The summed E-state index contributed by atoms with van der Waals surface area (Å²) in [4.78, 5) is 23.5. The number of rotatable bonds is 2. The van der Waals surface area contributed by atoms with Crippen molar-refractivity contribution in [2.45, 2.75) is 25.8 Å². The smallest absolute Gasteiger partial charge is 0.275 e. The van der Waals surface area contributed by atoms with Crippen LogP contribution in [0.4, 0.5) is 5.82 Å². The first kappa shape index (κ1) is 14.6. The number of H-pyrrole nitrogens is 1. The second-order valence-corrected chi connectivity index (χ2v) is 6.04. The number of carbonyl (C=O) groups is 1. The molecule has 3 aromatic rings. The van der Waals surface area contributed by atoms with E-state index in [9.17, 15) is 4.79 Å². The van der Waals surface area contributed by atoms with Gasteiger partial charge in [-0.15, -0.1) is 0 Å². The zero-order valence-electron chi connectivity index (χ0n) is 13.4. The number of anilines is 1. The summed E-state index contributed by atoms with van der Waals surface area (Å²) in [5.74, 6) is 0.973. The van der Waals surface area contributed by atoms with E-state index in [0.717, 1.165) is 29.4 Å². The van der Waals surface area contributed by atoms with Gasteiger partial charge < -0.3 is 10.6 Å². The predicted molar refractivity (Wildman–Crippen MR) is 90.3 cm³/mol. The van der Waals surface area contributed by atoms with Gasteiger partial charge in [0.05, 0.1) is 17.3 Å². The number of nitrogen functional groups attached to an aromatic ring is 1. The van der Waals surface area contributed by atoms with E-state index >= 15 is 0 Å². The van der Waals surface area contributed by atoms with Gasteiger partial charge in [0.2, 0.25) is 0 Å². The number of aryl methyl sites for hydroxylation is 1. The third-order valence-electron chi connectivity index (χ3n) is 4.41. The van der Waals surface area contributed by atoms with Crippen molar-refractivity contribution in [1.82, 2.24) is 25.1 Å². The van der Waals surface area contributed by atoms with Crippen molar-refractivity contribution >= 4 is 22.6 Å². The molecular weight excluding hydrogens is 304 g/mol. The molecule has 0 radical (unpaired) electrons. The van der Waals surface area contributed by atoms with Crippen molar-refractivity contribution in [3.05, 3.63) is 47.5 Å². The highest BCUT2D eigenvalue weighted by molar-refractivity contribution is 6.04. The molecule has 1 amide bonds. The van der Waals surface area contributed by atoms with Crippen LogP contribution in [0.1, 0.15) is 40.9 Å². The maximum atomic E-state index is 13.0. The lowest BCUT2D eigenvalue weighted by Gasteiger charge is -2.24. The summed E-state index contributed by atoms with van der Waals surface area (Å²) in [6.45, 7) is 2.50. The Bertz CT molecular complexity index is 898. The first-order valence-electron chi connectivity index (χ1n) is 7.98. The number of nitrogens with one attached hydrogen (secondary N) is 1. The number of hydrogen-bond donors (Lipinski definition) is 2. The van der Waals surface area contributed by atoms with Crippen LogP contribution in [-0.4, -0.2) is 37.5 Å². The maximum absolute atomic E-state index is 13.0. The molecule has 24 heavy (non-hydrogen) atoms. The zero-order chi connectivity index (χ0) is 16.7. The highest BCUT2D eigenvalue weighted by Gasteiger charge is 2.33. The Morgan fingerprint density at radius 1 is 1.33 bits per heavy atom. The van der Waals surface area contributed by atoms with Gasteiger partial charge in [0.1, 0.15) is 11.6 Å². The van der Waals surface area contributed by atoms with E-state index < -0.39 is 0 Å². The summed E-state index contributed by atoms with van der Waals surface area (Å²) in [6.07, 6.45) is 1.80. The standard InChI is InChI=1S/C17H18N6O/c1-10-19-13(9-15(18)20-10)14-7-4-8-23(14)17(24)16-11-5-2-3-6-12(11)21-22-16/h2-3,5-6,9,14H,4,7-8H2,1H3,(H,21,22)(H2,18,19,20). The third-order valence-corrected chi connectivity index (χ3v) is 4.41. The van der Waals surface area contributed by atoms with Gasteiger partial charge in [0.25, 0.3) is 5.91 Å². The lowest BCUT2D eigenvalue weighted by Crippen LogP contribution is -2.31. The summed E-state index contributed by atoms with van der Waals surface area (Å²) >= 11 is 0. The molecule has 1 fully saturated rings. The van der Waals surface area contributed by atoms with Gasteiger partial charge in [0.15, 0.2) is 5.69 Å². The molecule has 4 rings (SSSR count). The first-order valence-corrected chi connectivity index (χ1v) is 7.98. The van der Waals surface area contributed by atoms with Crippen molar-refractivity contribution in [3.8, 4) is 0 Å². The largest absolute Gasteiger partial charge is 0.384 e. The van der Waals surface area contributed by atoms with Crippen LogP contribution in [0, 0.1) is 6.92 Å². The zero-order valence-corrected chi connectivity index (χ0v) is 13.4. The molecule has 1 aromatic carbocycles. The van der Waals surface area contributed by atoms with Crippen LogP contribution in [-0.2, 0) is 0 Å². The van der Waals surface area contributed by atoms with E-state index in [-0.39, 0.29) is 11.9 Å². The number of benzene rings is 1. The fourth-order valence-corrected chi connectivity index (χ4v) is 3.37. The van der Waals surface area contributed by atoms with Crippen LogP contribution < -0.4 is 5.73 Å². The van der Waals surface area contributed by atoms with Crippen molar-refractivity contribution in [1.29, 1.82) is 0 Å². The van der Waals surface area contributed by atoms with E-state index in [1.807, 2.05) is 36.1 Å². The van der Waals surface area contributed by atoms with Crippen molar-refractivity contribution in [2.75, 3.05) is 12.3 Å². The number of hydrogen-bond acceptors (Lipinski definition) is 5. The molecule has 7 nitrogen and oxygen atoms in total. The third kappa shape index (κ3) is 2.38. The number of fused-ring (bicyclic) bond motifs is 1. The SMILES string of the molecule is Cc1nc(N)cc(C2CCCN2C(=O)c2n[nH]c3ccccc23)n1. The van der Waals surface area contributed by atoms with Crippen molar-refractivity contribution in [2.24, 2.45) is 0 Å². The molecule has 122 valence electrons. The molecule has 1 aliphatic rings. The van der Waals surface area contributed by atoms with E-state index in [1.54, 1.807) is 6.07 Å². The van der Waals surface area contributed by atoms with Gasteiger partial charge in [0, 0.05) is 18.0 Å². The Morgan fingerprint density at radius 3 is 3.00 bits per heavy atom. The predicted octanol–water partition coefficient (Wildman–Crippen LogP) is 2.22. The number of carbonyl (C=O) groups excluding carboxylic acids is 1. The molecule has 0 aliphatic carbocycles. The van der Waals surface area contributed by atoms with Crippen molar-refractivity contribution in [3.63, 3.8) is 0 Å². The Kier molecular flexibility index (Phi) is 3.41. The molecule has 7 heteroatoms. The van der Waals surface area contributed by atoms with E-state index in [0.29, 0.717) is 23.9 Å². The molecule has 1 saturated heterocycles. The fourth-order valence-electron chi connectivity index (χ4n) is 3.37. The Hall–Kier alpha value is -2.96. The minimum Gasteiger partial charge on any atom is -0.384 e. The summed E-state index contributed by atoms with van der Waals surface area (Å²) in [7, 11) is 0. The molecule has 0 spiro atoms. The van der Waals surface area contributed by atoms with Crippen LogP contribution in [0.3, 0.4) is 0 Å². The number of para-hydroxylation sites is 1. The van der Waals surface area contributed by atoms with Crippen LogP contribution in [0.25, 0.3) is 10.9 Å². The lowest BCUT2D eigenvalue weighted by molar-refractivity contribution is 0.0728. The molecule has 1 atom stereocenters. The first-order chi connectivity index (χ1) is 11.6. The highest BCUT2D eigenvalue weighted by atomic mass is 16.2. The summed E-state index contributed by atoms with van der Waals surface area (Å²) in [5.41, 5.74) is 7.96. The molecule has 3 heterocycles. The van der Waals surface area contributed by atoms with Gasteiger partial charge in [-0.1, -0.05) is 18.2 Å². The monoisotopic (exact) mass is 322 g/mol. The molecule has 1 aliphatic heterocycles. The number of aromatic amines is 1. The van der Waals surface area contributed by atoms with Crippen LogP contribution in [0.15, 0.2) is 30.3 Å². The van der Waals surface area contributed by atoms with Crippen LogP contribution in [0.2, 0.25) is 0 Å². The molecule has 0 saturated carbocycles. The Morgan fingerprint density at radius 2 is 2.17 bits per heavy atom. The van der Waals surface area contributed by atoms with E-state index in [4.69, 9.17) is 5.73 Å². The number of nitrogens with zero attached hydrogens (tertiary/aromatic N) is 4. The normalized spacial score (nSPS) is 17.5. The van der Waals surface area contributed by atoms with Crippen molar-refractivity contribution < 1.29 is 4.79 Å². The lowest BCUT2D eigenvalue weighted by atomic mass is 10.1. The van der Waals surface area contributed by atoms with Crippen LogP contribution >= 0.6 is 0 Å². The minimum absolute atomic E-state index is 0.0789. The fraction of sp³-hybridized carbons (Fsp3) is 0.294. The number of aromatic nitrogens is 4. The Balaban J connectivity index is 1.71. The average molecular weight is 322 g/mol. The summed E-state index contributed by atoms with van der Waals surface area (Å²) in [5, 5.41) is 7.99. The molecule has 2 aromatic heterocycles. The molecule has 1 unspecified atom stereocenters. The second-order valence-electron chi connectivity index (χ2n) is 6.04. The van der Waals surface area contributed by atoms with Crippen LogP contribution in [0.5, 0.6) is 0 Å². The highest BCUT2D eigenvalue weighted by Crippen LogP contribution is 2.33.